The van der Waals surface area contributed by atoms with Crippen LogP contribution in [-0.4, -0.2) is 25.0 Å². The van der Waals surface area contributed by atoms with Gasteiger partial charge in [0, 0.05) is 17.5 Å². The van der Waals surface area contributed by atoms with Gasteiger partial charge in [-0.3, -0.25) is 0 Å². The molecule has 2 aromatic heterocycles. The Morgan fingerprint density at radius 2 is 1.92 bits per heavy atom. The molecular formula is C17H19N5OS. The average molecular weight is 341 g/mol. The number of nitrogens with zero attached hydrogens (tertiary/aromatic N) is 5. The molecule has 3 aromatic rings. The predicted molar refractivity (Wildman–Crippen MR) is 91.7 cm³/mol. The highest BCUT2D eigenvalue weighted by Crippen LogP contribution is 2.40. The molecule has 1 aromatic carbocycles. The van der Waals surface area contributed by atoms with Gasteiger partial charge in [-0.15, -0.1) is 20.4 Å². The molecule has 0 amide bonds. The van der Waals surface area contributed by atoms with Crippen molar-refractivity contribution in [2.75, 3.05) is 0 Å². The molecule has 1 aliphatic carbocycles. The quantitative estimate of drug-likeness (QED) is 0.629. The molecule has 0 atom stereocenters. The third-order valence-corrected chi connectivity index (χ3v) is 4.86. The van der Waals surface area contributed by atoms with Gasteiger partial charge in [0.25, 0.3) is 0 Å². The van der Waals surface area contributed by atoms with Crippen LogP contribution in [0.25, 0.3) is 11.5 Å². The summed E-state index contributed by atoms with van der Waals surface area (Å²) in [4.78, 5) is 0. The van der Waals surface area contributed by atoms with E-state index in [1.165, 1.54) is 12.8 Å². The fourth-order valence-corrected chi connectivity index (χ4v) is 3.44. The molecule has 124 valence electrons. The van der Waals surface area contributed by atoms with E-state index in [4.69, 9.17) is 4.42 Å². The predicted octanol–water partition coefficient (Wildman–Crippen LogP) is 4.08. The van der Waals surface area contributed by atoms with E-state index < -0.39 is 0 Å². The lowest BCUT2D eigenvalue weighted by Crippen LogP contribution is -2.04. The molecule has 2 heterocycles. The minimum absolute atomic E-state index is 0.375. The molecule has 0 aliphatic heterocycles. The van der Waals surface area contributed by atoms with E-state index in [-0.39, 0.29) is 0 Å². The van der Waals surface area contributed by atoms with Crippen molar-refractivity contribution in [3.63, 3.8) is 0 Å². The zero-order valence-corrected chi connectivity index (χ0v) is 14.5. The standard InChI is InChI=1S/C17H19N5OS/c1-11(2)15-19-21-17(22(15)13-8-9-13)24-10-14-18-20-16(23-14)12-6-4-3-5-7-12/h3-7,11,13H,8-10H2,1-2H3. The zero-order chi connectivity index (χ0) is 16.5. The Hall–Kier alpha value is -2.15. The van der Waals surface area contributed by atoms with Crippen LogP contribution in [0, 0.1) is 0 Å². The van der Waals surface area contributed by atoms with Crippen molar-refractivity contribution in [2.45, 2.75) is 49.6 Å². The molecule has 24 heavy (non-hydrogen) atoms. The van der Waals surface area contributed by atoms with Crippen LogP contribution >= 0.6 is 11.8 Å². The van der Waals surface area contributed by atoms with Gasteiger partial charge in [0.05, 0.1) is 5.75 Å². The van der Waals surface area contributed by atoms with E-state index in [1.54, 1.807) is 11.8 Å². The fourth-order valence-electron chi connectivity index (χ4n) is 2.59. The highest BCUT2D eigenvalue weighted by Gasteiger charge is 2.30. The highest BCUT2D eigenvalue weighted by atomic mass is 32.2. The highest BCUT2D eigenvalue weighted by molar-refractivity contribution is 7.98. The maximum Gasteiger partial charge on any atom is 0.247 e. The van der Waals surface area contributed by atoms with Gasteiger partial charge in [0.15, 0.2) is 5.16 Å². The summed E-state index contributed by atoms with van der Waals surface area (Å²) in [6.45, 7) is 4.31. The van der Waals surface area contributed by atoms with Crippen LogP contribution in [-0.2, 0) is 5.75 Å². The van der Waals surface area contributed by atoms with Gasteiger partial charge in [0.2, 0.25) is 11.8 Å². The summed E-state index contributed by atoms with van der Waals surface area (Å²) >= 11 is 1.61. The van der Waals surface area contributed by atoms with E-state index in [2.05, 4.69) is 38.8 Å². The maximum atomic E-state index is 5.76. The molecule has 0 unspecified atom stereocenters. The number of hydrogen-bond acceptors (Lipinski definition) is 6. The maximum absolute atomic E-state index is 5.76. The number of hydrogen-bond donors (Lipinski definition) is 0. The van der Waals surface area contributed by atoms with Crippen LogP contribution in [0.15, 0.2) is 39.9 Å². The molecule has 0 bridgehead atoms. The van der Waals surface area contributed by atoms with Crippen LogP contribution in [0.2, 0.25) is 0 Å². The largest absolute Gasteiger partial charge is 0.420 e. The summed E-state index contributed by atoms with van der Waals surface area (Å²) in [5.41, 5.74) is 0.935. The van der Waals surface area contributed by atoms with E-state index in [0.29, 0.717) is 29.5 Å². The van der Waals surface area contributed by atoms with Crippen molar-refractivity contribution in [1.82, 2.24) is 25.0 Å². The van der Waals surface area contributed by atoms with Crippen molar-refractivity contribution in [3.05, 3.63) is 42.0 Å². The third kappa shape index (κ3) is 3.08. The van der Waals surface area contributed by atoms with E-state index >= 15 is 0 Å². The first-order valence-corrected chi connectivity index (χ1v) is 9.16. The Balaban J connectivity index is 1.49. The van der Waals surface area contributed by atoms with Gasteiger partial charge >= 0.3 is 0 Å². The second-order valence-corrected chi connectivity index (χ2v) is 7.19. The van der Waals surface area contributed by atoms with Gasteiger partial charge in [-0.2, -0.15) is 0 Å². The van der Waals surface area contributed by atoms with Crippen molar-refractivity contribution in [3.8, 4) is 11.5 Å². The summed E-state index contributed by atoms with van der Waals surface area (Å²) < 4.78 is 8.04. The molecule has 1 aliphatic rings. The van der Waals surface area contributed by atoms with E-state index in [0.717, 1.165) is 16.5 Å². The van der Waals surface area contributed by atoms with Crippen LogP contribution < -0.4 is 0 Å². The van der Waals surface area contributed by atoms with Crippen molar-refractivity contribution in [2.24, 2.45) is 0 Å². The second-order valence-electron chi connectivity index (χ2n) is 6.25. The first-order chi connectivity index (χ1) is 11.7. The number of aromatic nitrogens is 5. The first-order valence-electron chi connectivity index (χ1n) is 8.17. The first kappa shape index (κ1) is 15.4. The van der Waals surface area contributed by atoms with Gasteiger partial charge < -0.3 is 8.98 Å². The van der Waals surface area contributed by atoms with Crippen LogP contribution in [0.5, 0.6) is 0 Å². The number of benzene rings is 1. The van der Waals surface area contributed by atoms with Crippen molar-refractivity contribution in [1.29, 1.82) is 0 Å². The second kappa shape index (κ2) is 6.39. The van der Waals surface area contributed by atoms with Gasteiger partial charge in [-0.25, -0.2) is 0 Å². The zero-order valence-electron chi connectivity index (χ0n) is 13.7. The van der Waals surface area contributed by atoms with Gasteiger partial charge in [-0.05, 0) is 25.0 Å². The van der Waals surface area contributed by atoms with Gasteiger partial charge in [-0.1, -0.05) is 43.8 Å². The Bertz CT molecular complexity index is 823. The summed E-state index contributed by atoms with van der Waals surface area (Å²) in [6.07, 6.45) is 2.42. The molecule has 4 rings (SSSR count). The third-order valence-electron chi connectivity index (χ3n) is 3.93. The molecule has 7 heteroatoms. The van der Waals surface area contributed by atoms with Crippen LogP contribution in [0.4, 0.5) is 0 Å². The monoisotopic (exact) mass is 341 g/mol. The number of rotatable bonds is 6. The molecule has 1 fully saturated rings. The van der Waals surface area contributed by atoms with Gasteiger partial charge in [0.1, 0.15) is 5.82 Å². The summed E-state index contributed by atoms with van der Waals surface area (Å²) in [7, 11) is 0. The molecular weight excluding hydrogens is 322 g/mol. The summed E-state index contributed by atoms with van der Waals surface area (Å²) in [6, 6.07) is 10.4. The van der Waals surface area contributed by atoms with Crippen molar-refractivity contribution < 1.29 is 4.42 Å². The Kier molecular flexibility index (Phi) is 4.10. The van der Waals surface area contributed by atoms with Crippen molar-refractivity contribution >= 4 is 11.8 Å². The molecule has 1 saturated carbocycles. The minimum atomic E-state index is 0.375. The Morgan fingerprint density at radius 3 is 2.62 bits per heavy atom. The minimum Gasteiger partial charge on any atom is -0.420 e. The summed E-state index contributed by atoms with van der Waals surface area (Å²) in [5.74, 6) is 3.20. The normalized spacial score (nSPS) is 14.5. The summed E-state index contributed by atoms with van der Waals surface area (Å²) in [5, 5.41) is 18.0. The van der Waals surface area contributed by atoms with E-state index in [9.17, 15) is 0 Å². The molecule has 0 spiro atoms. The lowest BCUT2D eigenvalue weighted by atomic mass is 10.2. The number of thioether (sulfide) groups is 1. The SMILES string of the molecule is CC(C)c1nnc(SCc2nnc(-c3ccccc3)o2)n1C1CC1. The van der Waals surface area contributed by atoms with Crippen LogP contribution in [0.1, 0.15) is 50.4 Å². The Morgan fingerprint density at radius 1 is 1.12 bits per heavy atom. The molecule has 6 nitrogen and oxygen atoms in total. The van der Waals surface area contributed by atoms with E-state index in [1.807, 2.05) is 30.3 Å². The average Bonchev–Trinajstić information content (AvgIpc) is 3.17. The fraction of sp³-hybridized carbons (Fsp3) is 0.412. The molecule has 0 N–H and O–H groups in total. The Labute approximate surface area is 144 Å². The molecule has 0 saturated heterocycles. The topological polar surface area (TPSA) is 69.6 Å². The van der Waals surface area contributed by atoms with Crippen LogP contribution in [0.3, 0.4) is 0 Å². The lowest BCUT2D eigenvalue weighted by molar-refractivity contribution is 0.527. The lowest BCUT2D eigenvalue weighted by Gasteiger charge is -2.09. The smallest absolute Gasteiger partial charge is 0.247 e. The molecule has 0 radical (unpaired) electrons.